The van der Waals surface area contributed by atoms with Crippen LogP contribution in [0.15, 0.2) is 56.0 Å². The molecule has 0 spiro atoms. The van der Waals surface area contributed by atoms with Crippen LogP contribution in [0.3, 0.4) is 0 Å². The van der Waals surface area contributed by atoms with E-state index in [2.05, 4.69) is 0 Å². The van der Waals surface area contributed by atoms with Crippen LogP contribution in [0.1, 0.15) is 0 Å². The minimum atomic E-state index is -4.63. The fraction of sp³-hybridized carbons (Fsp3) is 0. The molecule has 2 aromatic rings. The SMILES string of the molecule is O=S(=O)(O)c1cc(Sc2ccc(O)c(S(=O)(=O)O)c2)ccc1O. The Bertz CT molecular complexity index is 884. The smallest absolute Gasteiger partial charge is 0.298 e. The first-order valence-electron chi connectivity index (χ1n) is 5.77. The lowest BCUT2D eigenvalue weighted by Gasteiger charge is -2.07. The maximum absolute atomic E-state index is 11.1. The van der Waals surface area contributed by atoms with Gasteiger partial charge in [0.1, 0.15) is 21.3 Å². The quantitative estimate of drug-likeness (QED) is 0.583. The molecule has 0 saturated carbocycles. The Morgan fingerprint density at radius 3 is 1.35 bits per heavy atom. The van der Waals surface area contributed by atoms with E-state index in [1.165, 1.54) is 12.1 Å². The van der Waals surface area contributed by atoms with Gasteiger partial charge in [-0.05, 0) is 36.4 Å². The van der Waals surface area contributed by atoms with E-state index in [4.69, 9.17) is 9.11 Å². The first-order valence-corrected chi connectivity index (χ1v) is 9.47. The monoisotopic (exact) mass is 378 g/mol. The number of hydrogen-bond acceptors (Lipinski definition) is 7. The van der Waals surface area contributed by atoms with Gasteiger partial charge in [0.05, 0.1) is 0 Å². The van der Waals surface area contributed by atoms with E-state index in [1.807, 2.05) is 0 Å². The summed E-state index contributed by atoms with van der Waals surface area (Å²) < 4.78 is 62.5. The molecular formula is C12H10O8S3. The van der Waals surface area contributed by atoms with E-state index in [0.29, 0.717) is 0 Å². The van der Waals surface area contributed by atoms with Gasteiger partial charge in [-0.25, -0.2) is 0 Å². The van der Waals surface area contributed by atoms with E-state index in [0.717, 1.165) is 36.0 Å². The predicted molar refractivity (Wildman–Crippen MR) is 80.0 cm³/mol. The molecule has 0 aliphatic carbocycles. The van der Waals surface area contributed by atoms with Crippen LogP contribution < -0.4 is 0 Å². The Kier molecular flexibility index (Phi) is 4.59. The van der Waals surface area contributed by atoms with Crippen molar-refractivity contribution in [3.8, 4) is 11.5 Å². The van der Waals surface area contributed by atoms with Crippen LogP contribution in [0.5, 0.6) is 11.5 Å². The summed E-state index contributed by atoms with van der Waals surface area (Å²) in [6.45, 7) is 0. The minimum absolute atomic E-state index is 0.266. The maximum Gasteiger partial charge on any atom is 0.298 e. The molecule has 11 heteroatoms. The highest BCUT2D eigenvalue weighted by Crippen LogP contribution is 2.35. The van der Waals surface area contributed by atoms with Gasteiger partial charge in [0.15, 0.2) is 0 Å². The molecule has 0 aliphatic rings. The molecule has 0 radical (unpaired) electrons. The zero-order chi connectivity index (χ0) is 17.4. The number of aromatic hydroxyl groups is 2. The van der Waals surface area contributed by atoms with Crippen molar-refractivity contribution in [2.75, 3.05) is 0 Å². The maximum atomic E-state index is 11.1. The van der Waals surface area contributed by atoms with Gasteiger partial charge < -0.3 is 10.2 Å². The van der Waals surface area contributed by atoms with Crippen molar-refractivity contribution < 1.29 is 36.2 Å². The summed E-state index contributed by atoms with van der Waals surface area (Å²) in [6, 6.07) is 6.78. The molecule has 0 saturated heterocycles. The first-order chi connectivity index (χ1) is 10.5. The Balaban J connectivity index is 2.45. The van der Waals surface area contributed by atoms with Gasteiger partial charge in [0.2, 0.25) is 0 Å². The Morgan fingerprint density at radius 1 is 0.696 bits per heavy atom. The Labute approximate surface area is 135 Å². The molecule has 0 aromatic heterocycles. The van der Waals surface area contributed by atoms with Crippen molar-refractivity contribution >= 4 is 32.0 Å². The average molecular weight is 378 g/mol. The van der Waals surface area contributed by atoms with E-state index in [9.17, 15) is 27.0 Å². The summed E-state index contributed by atoms with van der Waals surface area (Å²) in [4.78, 5) is -0.864. The van der Waals surface area contributed by atoms with Crippen LogP contribution in [0.2, 0.25) is 0 Å². The normalized spacial score (nSPS) is 12.3. The summed E-state index contributed by atoms with van der Waals surface area (Å²) in [7, 11) is -9.25. The molecule has 0 fully saturated rings. The average Bonchev–Trinajstić information content (AvgIpc) is 2.40. The second-order valence-electron chi connectivity index (χ2n) is 4.31. The van der Waals surface area contributed by atoms with Crippen molar-refractivity contribution in [3.63, 3.8) is 0 Å². The standard InChI is InChI=1S/C12H10O8S3/c13-9-3-1-7(5-11(9)22(15,16)17)21-8-2-4-10(14)12(6-8)23(18,19)20/h1-6,13-14H,(H,15,16,17)(H,18,19,20). The second kappa shape index (κ2) is 6.02. The Morgan fingerprint density at radius 2 is 1.04 bits per heavy atom. The van der Waals surface area contributed by atoms with Gasteiger partial charge >= 0.3 is 0 Å². The summed E-state index contributed by atoms with van der Waals surface area (Å²) in [5.41, 5.74) is 0. The fourth-order valence-electron chi connectivity index (χ4n) is 1.67. The highest BCUT2D eigenvalue weighted by molar-refractivity contribution is 7.99. The molecule has 4 N–H and O–H groups in total. The highest BCUT2D eigenvalue weighted by atomic mass is 32.2. The van der Waals surface area contributed by atoms with Gasteiger partial charge in [-0.1, -0.05) is 11.8 Å². The largest absolute Gasteiger partial charge is 0.506 e. The first kappa shape index (κ1) is 17.6. The summed E-state index contributed by atoms with van der Waals surface area (Å²) in [5.74, 6) is -1.28. The van der Waals surface area contributed by atoms with Gasteiger partial charge in [-0.15, -0.1) is 0 Å². The zero-order valence-electron chi connectivity index (χ0n) is 11.1. The summed E-state index contributed by atoms with van der Waals surface area (Å²) in [6.07, 6.45) is 0. The minimum Gasteiger partial charge on any atom is -0.506 e. The van der Waals surface area contributed by atoms with Gasteiger partial charge in [0, 0.05) is 9.79 Å². The molecule has 0 aliphatic heterocycles. The third-order valence-electron chi connectivity index (χ3n) is 2.65. The van der Waals surface area contributed by atoms with Crippen LogP contribution in [0, 0.1) is 0 Å². The van der Waals surface area contributed by atoms with Crippen LogP contribution in [0.4, 0.5) is 0 Å². The van der Waals surface area contributed by atoms with E-state index in [-0.39, 0.29) is 9.79 Å². The van der Waals surface area contributed by atoms with Crippen molar-refractivity contribution in [1.29, 1.82) is 0 Å². The summed E-state index contributed by atoms with van der Waals surface area (Å²) in [5, 5.41) is 18.9. The number of rotatable bonds is 4. The molecule has 0 atom stereocenters. The molecule has 2 rings (SSSR count). The van der Waals surface area contributed by atoms with Crippen LogP contribution in [-0.4, -0.2) is 36.2 Å². The molecule has 2 aromatic carbocycles. The van der Waals surface area contributed by atoms with Gasteiger partial charge in [-0.2, -0.15) is 16.8 Å². The third kappa shape index (κ3) is 4.14. The molecule has 0 bridgehead atoms. The lowest BCUT2D eigenvalue weighted by molar-refractivity contribution is 0.440. The molecule has 0 unspecified atom stereocenters. The van der Waals surface area contributed by atoms with E-state index >= 15 is 0 Å². The molecule has 8 nitrogen and oxygen atoms in total. The predicted octanol–water partition coefficient (Wildman–Crippen LogP) is 1.74. The molecular weight excluding hydrogens is 368 g/mol. The lowest BCUT2D eigenvalue weighted by atomic mass is 10.3. The second-order valence-corrected chi connectivity index (χ2v) is 8.24. The zero-order valence-corrected chi connectivity index (χ0v) is 13.6. The van der Waals surface area contributed by atoms with E-state index < -0.39 is 41.5 Å². The van der Waals surface area contributed by atoms with Crippen LogP contribution in [0.25, 0.3) is 0 Å². The number of phenolic OH excluding ortho intramolecular Hbond substituents is 2. The molecule has 23 heavy (non-hydrogen) atoms. The Hall–Kier alpha value is -1.79. The van der Waals surface area contributed by atoms with Crippen molar-refractivity contribution in [2.24, 2.45) is 0 Å². The van der Waals surface area contributed by atoms with Crippen LogP contribution in [-0.2, 0) is 20.2 Å². The molecule has 0 amide bonds. The molecule has 124 valence electrons. The van der Waals surface area contributed by atoms with Gasteiger partial charge in [0.25, 0.3) is 20.2 Å². The highest BCUT2D eigenvalue weighted by Gasteiger charge is 2.18. The van der Waals surface area contributed by atoms with Crippen molar-refractivity contribution in [2.45, 2.75) is 19.6 Å². The summed E-state index contributed by atoms with van der Waals surface area (Å²) >= 11 is 0.892. The molecule has 0 heterocycles. The van der Waals surface area contributed by atoms with Crippen molar-refractivity contribution in [1.82, 2.24) is 0 Å². The van der Waals surface area contributed by atoms with Crippen molar-refractivity contribution in [3.05, 3.63) is 36.4 Å². The number of hydrogen-bond donors (Lipinski definition) is 4. The number of benzene rings is 2. The third-order valence-corrected chi connectivity index (χ3v) is 5.40. The van der Waals surface area contributed by atoms with Gasteiger partial charge in [-0.3, -0.25) is 9.11 Å². The fourth-order valence-corrected chi connectivity index (χ4v) is 3.93. The van der Waals surface area contributed by atoms with E-state index in [1.54, 1.807) is 0 Å². The van der Waals surface area contributed by atoms with Crippen LogP contribution >= 0.6 is 11.8 Å². The lowest BCUT2D eigenvalue weighted by Crippen LogP contribution is -1.99. The number of phenols is 2. The topological polar surface area (TPSA) is 149 Å².